The second-order valence-corrected chi connectivity index (χ2v) is 5.80. The molecule has 0 spiro atoms. The van der Waals surface area contributed by atoms with Gasteiger partial charge in [0, 0.05) is 10.7 Å². The smallest absolute Gasteiger partial charge is 0.306 e. The molecule has 2 nitrogen and oxygen atoms in total. The van der Waals surface area contributed by atoms with Crippen molar-refractivity contribution in [1.29, 1.82) is 0 Å². The lowest BCUT2D eigenvalue weighted by atomic mass is 9.91. The first-order valence-corrected chi connectivity index (χ1v) is 6.39. The molecule has 0 saturated carbocycles. The Balaban J connectivity index is 2.25. The molecule has 3 atom stereocenters. The maximum Gasteiger partial charge on any atom is 0.306 e. The summed E-state index contributed by atoms with van der Waals surface area (Å²) in [6.45, 7) is 4.08. The van der Waals surface area contributed by atoms with Crippen LogP contribution in [0, 0.1) is 6.92 Å². The summed E-state index contributed by atoms with van der Waals surface area (Å²) in [5, 5.41) is 0. The normalized spacial score (nSPS) is 26.6. The quantitative estimate of drug-likeness (QED) is 0.615. The zero-order chi connectivity index (χ0) is 11.7. The molecule has 0 aliphatic carbocycles. The van der Waals surface area contributed by atoms with Crippen LogP contribution >= 0.6 is 15.9 Å². The lowest BCUT2D eigenvalue weighted by molar-refractivity contribution is -0.141. The van der Waals surface area contributed by atoms with Crippen molar-refractivity contribution < 1.29 is 9.53 Å². The van der Waals surface area contributed by atoms with E-state index in [1.807, 2.05) is 6.92 Å². The van der Waals surface area contributed by atoms with Crippen molar-refractivity contribution in [2.24, 2.45) is 0 Å². The summed E-state index contributed by atoms with van der Waals surface area (Å²) < 4.78 is 5.33. The Morgan fingerprint density at radius 2 is 2.00 bits per heavy atom. The first-order chi connectivity index (χ1) is 7.58. The third-order valence-electron chi connectivity index (χ3n) is 3.01. The zero-order valence-electron chi connectivity index (χ0n) is 9.44. The summed E-state index contributed by atoms with van der Waals surface area (Å²) in [4.78, 5) is 11.6. The van der Waals surface area contributed by atoms with Crippen LogP contribution in [0.3, 0.4) is 0 Å². The molecule has 1 aromatic carbocycles. The number of alkyl halides is 1. The monoisotopic (exact) mass is 282 g/mol. The second kappa shape index (κ2) is 4.58. The number of benzene rings is 1. The minimum Gasteiger partial charge on any atom is -0.460 e. The van der Waals surface area contributed by atoms with Gasteiger partial charge in [-0.25, -0.2) is 0 Å². The standard InChI is InChI=1S/C13H15BrO2/c1-8-3-5-10(6-4-8)11-7-12(15)16-13(11)9(2)14/h3-6,9,11,13H,7H2,1-2H3/t9?,11-,13+/m0/s1. The summed E-state index contributed by atoms with van der Waals surface area (Å²) in [5.41, 5.74) is 2.42. The number of hydrogen-bond acceptors (Lipinski definition) is 2. The van der Waals surface area contributed by atoms with Gasteiger partial charge in [0.15, 0.2) is 0 Å². The third kappa shape index (κ3) is 2.29. The molecular formula is C13H15BrO2. The van der Waals surface area contributed by atoms with Crippen LogP contribution in [0.25, 0.3) is 0 Å². The Hall–Kier alpha value is -0.830. The van der Waals surface area contributed by atoms with Gasteiger partial charge in [-0.2, -0.15) is 0 Å². The van der Waals surface area contributed by atoms with Crippen molar-refractivity contribution in [2.75, 3.05) is 0 Å². The molecule has 1 saturated heterocycles. The van der Waals surface area contributed by atoms with E-state index in [0.29, 0.717) is 6.42 Å². The number of hydrogen-bond donors (Lipinski definition) is 0. The van der Waals surface area contributed by atoms with Crippen molar-refractivity contribution in [1.82, 2.24) is 0 Å². The molecule has 0 aromatic heterocycles. The Bertz CT molecular complexity index is 383. The molecule has 86 valence electrons. The number of carbonyl (C=O) groups is 1. The lowest BCUT2D eigenvalue weighted by Gasteiger charge is -2.20. The van der Waals surface area contributed by atoms with Gasteiger partial charge in [0.05, 0.1) is 6.42 Å². The van der Waals surface area contributed by atoms with E-state index in [0.717, 1.165) is 0 Å². The van der Waals surface area contributed by atoms with Crippen molar-refractivity contribution in [2.45, 2.75) is 37.1 Å². The average molecular weight is 283 g/mol. The van der Waals surface area contributed by atoms with E-state index in [-0.39, 0.29) is 22.8 Å². The first kappa shape index (κ1) is 11.6. The zero-order valence-corrected chi connectivity index (χ0v) is 11.0. The summed E-state index contributed by atoms with van der Waals surface area (Å²) in [6.07, 6.45) is 0.444. The maximum absolute atomic E-state index is 11.4. The number of rotatable bonds is 2. The highest BCUT2D eigenvalue weighted by atomic mass is 79.9. The molecule has 0 amide bonds. The van der Waals surface area contributed by atoms with E-state index in [1.165, 1.54) is 11.1 Å². The van der Waals surface area contributed by atoms with Gasteiger partial charge in [-0.05, 0) is 19.4 Å². The molecule has 1 aromatic rings. The topological polar surface area (TPSA) is 26.3 Å². The number of carbonyl (C=O) groups excluding carboxylic acids is 1. The minimum absolute atomic E-state index is 0.0461. The molecule has 3 heteroatoms. The SMILES string of the molecule is Cc1ccc([C@@H]2CC(=O)O[C@@H]2C(C)Br)cc1. The van der Waals surface area contributed by atoms with Crippen molar-refractivity contribution in [3.8, 4) is 0 Å². The number of cyclic esters (lactones) is 1. The van der Waals surface area contributed by atoms with E-state index in [4.69, 9.17) is 4.74 Å². The predicted octanol–water partition coefficient (Wildman–Crippen LogP) is 3.18. The van der Waals surface area contributed by atoms with Gasteiger partial charge in [0.2, 0.25) is 0 Å². The van der Waals surface area contributed by atoms with Crippen LogP contribution in [0.5, 0.6) is 0 Å². The van der Waals surface area contributed by atoms with Gasteiger partial charge < -0.3 is 4.74 Å². The predicted molar refractivity (Wildman–Crippen MR) is 66.8 cm³/mol. The summed E-state index contributed by atoms with van der Waals surface area (Å²) >= 11 is 3.50. The lowest BCUT2D eigenvalue weighted by Crippen LogP contribution is -2.23. The Kier molecular flexibility index (Phi) is 3.33. The van der Waals surface area contributed by atoms with Crippen LogP contribution in [-0.2, 0) is 9.53 Å². The van der Waals surface area contributed by atoms with Crippen LogP contribution in [0.1, 0.15) is 30.4 Å². The average Bonchev–Trinajstić information content (AvgIpc) is 2.61. The highest BCUT2D eigenvalue weighted by Crippen LogP contribution is 2.36. The molecule has 1 heterocycles. The van der Waals surface area contributed by atoms with Crippen molar-refractivity contribution >= 4 is 21.9 Å². The fourth-order valence-electron chi connectivity index (χ4n) is 2.11. The Labute approximate surface area is 104 Å². The summed E-state index contributed by atoms with van der Waals surface area (Å²) in [6, 6.07) is 8.33. The fourth-order valence-corrected chi connectivity index (χ4v) is 2.59. The van der Waals surface area contributed by atoms with Crippen LogP contribution in [0.2, 0.25) is 0 Å². The van der Waals surface area contributed by atoms with Gasteiger partial charge in [-0.1, -0.05) is 45.8 Å². The minimum atomic E-state index is -0.0955. The second-order valence-electron chi connectivity index (χ2n) is 4.35. The van der Waals surface area contributed by atoms with Gasteiger partial charge in [0.25, 0.3) is 0 Å². The van der Waals surface area contributed by atoms with Gasteiger partial charge in [-0.3, -0.25) is 4.79 Å². The molecule has 2 rings (SSSR count). The molecule has 1 aliphatic heterocycles. The molecule has 0 bridgehead atoms. The molecule has 1 aliphatic rings. The van der Waals surface area contributed by atoms with Crippen LogP contribution < -0.4 is 0 Å². The fraction of sp³-hybridized carbons (Fsp3) is 0.462. The highest BCUT2D eigenvalue weighted by Gasteiger charge is 2.38. The number of aryl methyl sites for hydroxylation is 1. The molecular weight excluding hydrogens is 268 g/mol. The Morgan fingerprint density at radius 1 is 1.38 bits per heavy atom. The number of ether oxygens (including phenoxy) is 1. The van der Waals surface area contributed by atoms with E-state index in [9.17, 15) is 4.79 Å². The van der Waals surface area contributed by atoms with Gasteiger partial charge in [-0.15, -0.1) is 0 Å². The largest absolute Gasteiger partial charge is 0.460 e. The molecule has 1 unspecified atom stereocenters. The number of halogens is 1. The third-order valence-corrected chi connectivity index (χ3v) is 3.53. The van der Waals surface area contributed by atoms with Gasteiger partial charge in [0.1, 0.15) is 6.10 Å². The molecule has 0 radical (unpaired) electrons. The van der Waals surface area contributed by atoms with Crippen LogP contribution in [0.15, 0.2) is 24.3 Å². The van der Waals surface area contributed by atoms with E-state index in [1.54, 1.807) is 0 Å². The van der Waals surface area contributed by atoms with Crippen molar-refractivity contribution in [3.05, 3.63) is 35.4 Å². The number of esters is 1. The van der Waals surface area contributed by atoms with Gasteiger partial charge >= 0.3 is 5.97 Å². The molecule has 1 fully saturated rings. The first-order valence-electron chi connectivity index (χ1n) is 5.48. The van der Waals surface area contributed by atoms with E-state index >= 15 is 0 Å². The Morgan fingerprint density at radius 3 is 2.56 bits per heavy atom. The molecule has 0 N–H and O–H groups in total. The highest BCUT2D eigenvalue weighted by molar-refractivity contribution is 9.09. The van der Waals surface area contributed by atoms with Crippen LogP contribution in [-0.4, -0.2) is 16.9 Å². The summed E-state index contributed by atoms with van der Waals surface area (Å²) in [7, 11) is 0. The van der Waals surface area contributed by atoms with E-state index in [2.05, 4.69) is 47.1 Å². The maximum atomic E-state index is 11.4. The van der Waals surface area contributed by atoms with Crippen molar-refractivity contribution in [3.63, 3.8) is 0 Å². The van der Waals surface area contributed by atoms with Crippen LogP contribution in [0.4, 0.5) is 0 Å². The van der Waals surface area contributed by atoms with E-state index < -0.39 is 0 Å². The summed E-state index contributed by atoms with van der Waals surface area (Å²) in [5.74, 6) is 0.0874. The molecule has 16 heavy (non-hydrogen) atoms.